The number of likely N-dealkylation sites (tertiary alicyclic amines) is 1. The molecule has 1 aromatic rings. The van der Waals surface area contributed by atoms with Crippen LogP contribution >= 0.6 is 0 Å². The molecule has 6 nitrogen and oxygen atoms in total. The number of fused-ring (bicyclic) bond motifs is 1. The number of amides is 2. The topological polar surface area (TPSA) is 67.9 Å². The van der Waals surface area contributed by atoms with Gasteiger partial charge in [0.05, 0.1) is 0 Å². The fraction of sp³-hybridized carbons (Fsp3) is 0.500. The van der Waals surface area contributed by atoms with Crippen molar-refractivity contribution in [2.45, 2.75) is 25.4 Å². The number of ether oxygens (including phenoxy) is 2. The van der Waals surface area contributed by atoms with E-state index in [1.807, 2.05) is 17.0 Å². The molecule has 0 radical (unpaired) electrons. The molecule has 1 aromatic carbocycles. The third-order valence-electron chi connectivity index (χ3n) is 3.90. The Balaban J connectivity index is 1.44. The number of carbonyl (C=O) groups excluding carboxylic acids is 2. The maximum atomic E-state index is 12.1. The van der Waals surface area contributed by atoms with E-state index < -0.39 is 6.10 Å². The SMILES string of the molecule is O=C(NCCC(=O)N1CCCC1)C1COc2ccccc2O1. The van der Waals surface area contributed by atoms with Crippen LogP contribution < -0.4 is 14.8 Å². The van der Waals surface area contributed by atoms with Crippen molar-refractivity contribution in [3.8, 4) is 11.5 Å². The predicted octanol–water partition coefficient (Wildman–Crippen LogP) is 0.955. The van der Waals surface area contributed by atoms with Gasteiger partial charge in [0.2, 0.25) is 12.0 Å². The Morgan fingerprint density at radius 1 is 1.18 bits per heavy atom. The molecule has 0 aromatic heterocycles. The third-order valence-corrected chi connectivity index (χ3v) is 3.90. The summed E-state index contributed by atoms with van der Waals surface area (Å²) < 4.78 is 11.1. The summed E-state index contributed by atoms with van der Waals surface area (Å²) in [5.41, 5.74) is 0. The first kappa shape index (κ1) is 14.7. The minimum absolute atomic E-state index is 0.101. The van der Waals surface area contributed by atoms with Crippen LogP contribution in [0, 0.1) is 0 Å². The van der Waals surface area contributed by atoms with Crippen LogP contribution in [0.2, 0.25) is 0 Å². The molecule has 2 amide bonds. The Bertz CT molecular complexity index is 555. The average Bonchev–Trinajstić information content (AvgIpc) is 3.08. The quantitative estimate of drug-likeness (QED) is 0.899. The molecule has 0 saturated carbocycles. The van der Waals surface area contributed by atoms with Gasteiger partial charge in [-0.1, -0.05) is 12.1 Å². The molecule has 1 atom stereocenters. The second kappa shape index (κ2) is 6.68. The molecule has 2 aliphatic heterocycles. The zero-order valence-electron chi connectivity index (χ0n) is 12.4. The number of carbonyl (C=O) groups is 2. The fourth-order valence-corrected chi connectivity index (χ4v) is 2.68. The Kier molecular flexibility index (Phi) is 4.46. The first-order chi connectivity index (χ1) is 10.7. The summed E-state index contributed by atoms with van der Waals surface area (Å²) >= 11 is 0. The lowest BCUT2D eigenvalue weighted by molar-refractivity contribution is -0.131. The van der Waals surface area contributed by atoms with Crippen LogP contribution in [-0.2, 0) is 9.59 Å². The molecule has 3 rings (SSSR count). The number of nitrogens with one attached hydrogen (secondary N) is 1. The van der Waals surface area contributed by atoms with Crippen LogP contribution in [0.5, 0.6) is 11.5 Å². The number of benzene rings is 1. The van der Waals surface area contributed by atoms with Gasteiger partial charge < -0.3 is 19.7 Å². The van der Waals surface area contributed by atoms with Gasteiger partial charge in [-0.3, -0.25) is 9.59 Å². The van der Waals surface area contributed by atoms with E-state index in [2.05, 4.69) is 5.32 Å². The normalized spacial score (nSPS) is 19.8. The number of rotatable bonds is 4. The number of para-hydroxylation sites is 2. The standard InChI is InChI=1S/C16H20N2O4/c19-15(18-9-3-4-10-18)7-8-17-16(20)14-11-21-12-5-1-2-6-13(12)22-14/h1-2,5-6,14H,3-4,7-11H2,(H,17,20). The van der Waals surface area contributed by atoms with E-state index in [0.717, 1.165) is 25.9 Å². The van der Waals surface area contributed by atoms with Crippen molar-refractivity contribution < 1.29 is 19.1 Å². The van der Waals surface area contributed by atoms with Crippen LogP contribution in [0.3, 0.4) is 0 Å². The van der Waals surface area contributed by atoms with E-state index in [9.17, 15) is 9.59 Å². The molecule has 1 unspecified atom stereocenters. The van der Waals surface area contributed by atoms with Crippen molar-refractivity contribution in [3.05, 3.63) is 24.3 Å². The van der Waals surface area contributed by atoms with Gasteiger partial charge in [-0.15, -0.1) is 0 Å². The highest BCUT2D eigenvalue weighted by atomic mass is 16.6. The molecule has 0 aliphatic carbocycles. The van der Waals surface area contributed by atoms with Crippen molar-refractivity contribution in [1.82, 2.24) is 10.2 Å². The lowest BCUT2D eigenvalue weighted by atomic mass is 10.2. The van der Waals surface area contributed by atoms with Gasteiger partial charge in [-0.05, 0) is 25.0 Å². The van der Waals surface area contributed by atoms with Gasteiger partial charge in [0, 0.05) is 26.1 Å². The van der Waals surface area contributed by atoms with Gasteiger partial charge >= 0.3 is 0 Å². The van der Waals surface area contributed by atoms with E-state index >= 15 is 0 Å². The summed E-state index contributed by atoms with van der Waals surface area (Å²) in [6.07, 6.45) is 1.81. The molecule has 0 spiro atoms. The molecule has 1 N–H and O–H groups in total. The monoisotopic (exact) mass is 304 g/mol. The second-order valence-electron chi connectivity index (χ2n) is 5.49. The summed E-state index contributed by atoms with van der Waals surface area (Å²) in [7, 11) is 0. The molecule has 2 aliphatic rings. The van der Waals surface area contributed by atoms with Crippen LogP contribution in [0.25, 0.3) is 0 Å². The summed E-state index contributed by atoms with van der Waals surface area (Å²) in [6, 6.07) is 7.26. The second-order valence-corrected chi connectivity index (χ2v) is 5.49. The van der Waals surface area contributed by atoms with Gasteiger partial charge in [0.1, 0.15) is 6.61 Å². The molecule has 1 saturated heterocycles. The Morgan fingerprint density at radius 2 is 1.91 bits per heavy atom. The maximum Gasteiger partial charge on any atom is 0.264 e. The zero-order chi connectivity index (χ0) is 15.4. The largest absolute Gasteiger partial charge is 0.485 e. The van der Waals surface area contributed by atoms with Crippen LogP contribution in [0.15, 0.2) is 24.3 Å². The molecule has 1 fully saturated rings. The lowest BCUT2D eigenvalue weighted by Crippen LogP contribution is -2.45. The van der Waals surface area contributed by atoms with Crippen molar-refractivity contribution in [1.29, 1.82) is 0 Å². The minimum Gasteiger partial charge on any atom is -0.485 e. The molecular weight excluding hydrogens is 284 g/mol. The maximum absolute atomic E-state index is 12.1. The van der Waals surface area contributed by atoms with E-state index in [1.54, 1.807) is 12.1 Å². The molecule has 118 valence electrons. The van der Waals surface area contributed by atoms with Crippen molar-refractivity contribution in [2.75, 3.05) is 26.2 Å². The van der Waals surface area contributed by atoms with Crippen molar-refractivity contribution in [2.24, 2.45) is 0 Å². The van der Waals surface area contributed by atoms with E-state index in [0.29, 0.717) is 24.5 Å². The Labute approximate surface area is 129 Å². The average molecular weight is 304 g/mol. The molecule has 22 heavy (non-hydrogen) atoms. The van der Waals surface area contributed by atoms with E-state index in [1.165, 1.54) is 0 Å². The van der Waals surface area contributed by atoms with Crippen LogP contribution in [0.4, 0.5) is 0 Å². The molecular formula is C16H20N2O4. The molecule has 2 heterocycles. The predicted molar refractivity (Wildman–Crippen MR) is 79.8 cm³/mol. The Morgan fingerprint density at radius 3 is 2.68 bits per heavy atom. The number of nitrogens with zero attached hydrogens (tertiary/aromatic N) is 1. The first-order valence-corrected chi connectivity index (χ1v) is 7.68. The number of hydrogen-bond acceptors (Lipinski definition) is 4. The fourth-order valence-electron chi connectivity index (χ4n) is 2.68. The highest BCUT2D eigenvalue weighted by Crippen LogP contribution is 2.30. The summed E-state index contributed by atoms with van der Waals surface area (Å²) in [6.45, 7) is 2.19. The first-order valence-electron chi connectivity index (χ1n) is 7.68. The zero-order valence-corrected chi connectivity index (χ0v) is 12.4. The van der Waals surface area contributed by atoms with Gasteiger partial charge in [-0.25, -0.2) is 0 Å². The van der Waals surface area contributed by atoms with Crippen LogP contribution in [-0.4, -0.2) is 49.1 Å². The van der Waals surface area contributed by atoms with E-state index in [4.69, 9.17) is 9.47 Å². The summed E-state index contributed by atoms with van der Waals surface area (Å²) in [5.74, 6) is 1.07. The van der Waals surface area contributed by atoms with Crippen molar-refractivity contribution in [3.63, 3.8) is 0 Å². The van der Waals surface area contributed by atoms with E-state index in [-0.39, 0.29) is 18.4 Å². The molecule has 6 heteroatoms. The number of hydrogen-bond donors (Lipinski definition) is 1. The summed E-state index contributed by atoms with van der Waals surface area (Å²) in [5, 5.41) is 2.75. The van der Waals surface area contributed by atoms with Crippen molar-refractivity contribution >= 4 is 11.8 Å². The Hall–Kier alpha value is -2.24. The van der Waals surface area contributed by atoms with Crippen LogP contribution in [0.1, 0.15) is 19.3 Å². The summed E-state index contributed by atoms with van der Waals surface area (Å²) in [4.78, 5) is 25.8. The lowest BCUT2D eigenvalue weighted by Gasteiger charge is -2.25. The molecule has 0 bridgehead atoms. The van der Waals surface area contributed by atoms with Gasteiger partial charge in [0.15, 0.2) is 11.5 Å². The highest BCUT2D eigenvalue weighted by Gasteiger charge is 2.27. The van der Waals surface area contributed by atoms with Gasteiger partial charge in [-0.2, -0.15) is 0 Å². The highest BCUT2D eigenvalue weighted by molar-refractivity contribution is 5.83. The smallest absolute Gasteiger partial charge is 0.264 e. The van der Waals surface area contributed by atoms with Gasteiger partial charge in [0.25, 0.3) is 5.91 Å². The third kappa shape index (κ3) is 3.32. The minimum atomic E-state index is -0.670.